The van der Waals surface area contributed by atoms with Gasteiger partial charge in [-0.1, -0.05) is 38.5 Å². The maximum Gasteiger partial charge on any atom is 0.127 e. The average molecular weight is 233 g/mol. The molecule has 1 aliphatic heterocycles. The minimum Gasteiger partial charge on any atom is -0.493 e. The number of hydrogen-bond donors (Lipinski definition) is 1. The van der Waals surface area contributed by atoms with Crippen LogP contribution in [0.3, 0.4) is 0 Å². The highest BCUT2D eigenvalue weighted by Crippen LogP contribution is 2.39. The van der Waals surface area contributed by atoms with Crippen molar-refractivity contribution in [1.82, 2.24) is 0 Å². The number of hydrogen-bond acceptors (Lipinski definition) is 2. The molecule has 2 nitrogen and oxygen atoms in total. The molecule has 17 heavy (non-hydrogen) atoms. The molecule has 2 heteroatoms. The van der Waals surface area contributed by atoms with Crippen LogP contribution in [0.4, 0.5) is 0 Å². The van der Waals surface area contributed by atoms with Crippen molar-refractivity contribution in [2.75, 3.05) is 6.61 Å². The van der Waals surface area contributed by atoms with E-state index in [1.54, 1.807) is 0 Å². The van der Waals surface area contributed by atoms with Crippen LogP contribution in [-0.4, -0.2) is 6.61 Å². The smallest absolute Gasteiger partial charge is 0.127 e. The summed E-state index contributed by atoms with van der Waals surface area (Å²) in [5.74, 6) is 1.04. The van der Waals surface area contributed by atoms with Crippen molar-refractivity contribution in [2.24, 2.45) is 5.73 Å². The molecule has 1 atom stereocenters. The largest absolute Gasteiger partial charge is 0.493 e. The Hall–Kier alpha value is -1.02. The van der Waals surface area contributed by atoms with Gasteiger partial charge in [-0.15, -0.1) is 0 Å². The molecule has 1 heterocycles. The number of nitrogens with two attached hydrogens (primary N) is 1. The normalized spacial score (nSPS) is 20.4. The monoisotopic (exact) mass is 233 g/mol. The third kappa shape index (κ3) is 2.47. The molecule has 0 amide bonds. The lowest BCUT2D eigenvalue weighted by molar-refractivity contribution is 0.308. The van der Waals surface area contributed by atoms with E-state index in [2.05, 4.69) is 39.8 Å². The molecule has 1 aromatic rings. The van der Waals surface area contributed by atoms with Gasteiger partial charge in [0.05, 0.1) is 6.61 Å². The summed E-state index contributed by atoms with van der Waals surface area (Å²) < 4.78 is 5.95. The number of ether oxygens (including phenoxy) is 1. The SMILES string of the molecule is Cc1cc2c(c(C(C)(C)C)c1)OCCC[C@H]2N. The summed E-state index contributed by atoms with van der Waals surface area (Å²) in [5, 5.41) is 0. The van der Waals surface area contributed by atoms with Gasteiger partial charge in [0.2, 0.25) is 0 Å². The first-order chi connectivity index (χ1) is 7.89. The molecule has 0 saturated carbocycles. The maximum absolute atomic E-state index is 6.25. The van der Waals surface area contributed by atoms with E-state index in [9.17, 15) is 0 Å². The van der Waals surface area contributed by atoms with Crippen LogP contribution in [0.2, 0.25) is 0 Å². The number of aryl methyl sites for hydroxylation is 1. The van der Waals surface area contributed by atoms with Gasteiger partial charge in [-0.05, 0) is 25.2 Å². The fraction of sp³-hybridized carbons (Fsp3) is 0.600. The molecule has 1 aromatic carbocycles. The van der Waals surface area contributed by atoms with E-state index in [0.717, 1.165) is 25.2 Å². The van der Waals surface area contributed by atoms with E-state index in [4.69, 9.17) is 10.5 Å². The van der Waals surface area contributed by atoms with E-state index < -0.39 is 0 Å². The zero-order valence-electron chi connectivity index (χ0n) is 11.3. The summed E-state index contributed by atoms with van der Waals surface area (Å²) >= 11 is 0. The molecule has 0 fully saturated rings. The molecule has 2 N–H and O–H groups in total. The van der Waals surface area contributed by atoms with Gasteiger partial charge in [-0.3, -0.25) is 0 Å². The average Bonchev–Trinajstić information content (AvgIpc) is 2.39. The Morgan fingerprint density at radius 2 is 2.00 bits per heavy atom. The predicted octanol–water partition coefficient (Wildman–Crippen LogP) is 3.46. The summed E-state index contributed by atoms with van der Waals surface area (Å²) in [6.45, 7) is 9.59. The topological polar surface area (TPSA) is 35.2 Å². The first-order valence-electron chi connectivity index (χ1n) is 6.43. The second kappa shape index (κ2) is 4.34. The summed E-state index contributed by atoms with van der Waals surface area (Å²) in [6.07, 6.45) is 2.05. The van der Waals surface area contributed by atoms with E-state index in [1.165, 1.54) is 16.7 Å². The van der Waals surface area contributed by atoms with Gasteiger partial charge in [-0.2, -0.15) is 0 Å². The highest BCUT2D eigenvalue weighted by Gasteiger charge is 2.25. The molecule has 1 aliphatic rings. The van der Waals surface area contributed by atoms with Crippen LogP contribution in [-0.2, 0) is 5.41 Å². The van der Waals surface area contributed by atoms with Crippen molar-refractivity contribution < 1.29 is 4.74 Å². The first-order valence-corrected chi connectivity index (χ1v) is 6.43. The Morgan fingerprint density at radius 1 is 1.29 bits per heavy atom. The minimum absolute atomic E-state index is 0.0974. The van der Waals surface area contributed by atoms with Crippen molar-refractivity contribution in [2.45, 2.75) is 52.0 Å². The van der Waals surface area contributed by atoms with Gasteiger partial charge >= 0.3 is 0 Å². The van der Waals surface area contributed by atoms with Crippen LogP contribution in [0.25, 0.3) is 0 Å². The molecular weight excluding hydrogens is 210 g/mol. The Balaban J connectivity index is 2.61. The van der Waals surface area contributed by atoms with Crippen LogP contribution >= 0.6 is 0 Å². The van der Waals surface area contributed by atoms with Gasteiger partial charge < -0.3 is 10.5 Å². The summed E-state index contributed by atoms with van der Waals surface area (Å²) in [6, 6.07) is 4.53. The molecule has 0 radical (unpaired) electrons. The fourth-order valence-electron chi connectivity index (χ4n) is 2.43. The van der Waals surface area contributed by atoms with Crippen molar-refractivity contribution >= 4 is 0 Å². The minimum atomic E-state index is 0.0974. The van der Waals surface area contributed by atoms with Gasteiger partial charge in [0.25, 0.3) is 0 Å². The standard InChI is InChI=1S/C15H23NO/c1-10-8-11-13(16)6-5-7-17-14(11)12(9-10)15(2,3)4/h8-9,13H,5-7,16H2,1-4H3/t13-/m1/s1. The van der Waals surface area contributed by atoms with Crippen LogP contribution in [0.5, 0.6) is 5.75 Å². The maximum atomic E-state index is 6.25. The van der Waals surface area contributed by atoms with Crippen LogP contribution < -0.4 is 10.5 Å². The Kier molecular flexibility index (Phi) is 3.17. The number of benzene rings is 1. The zero-order chi connectivity index (χ0) is 12.6. The second-order valence-electron chi connectivity index (χ2n) is 6.08. The van der Waals surface area contributed by atoms with E-state index in [1.807, 2.05) is 0 Å². The third-order valence-corrected chi connectivity index (χ3v) is 3.38. The molecule has 0 unspecified atom stereocenters. The van der Waals surface area contributed by atoms with E-state index >= 15 is 0 Å². The van der Waals surface area contributed by atoms with Crippen molar-refractivity contribution in [3.8, 4) is 5.75 Å². The van der Waals surface area contributed by atoms with Crippen LogP contribution in [0, 0.1) is 6.92 Å². The predicted molar refractivity (Wildman–Crippen MR) is 71.5 cm³/mol. The summed E-state index contributed by atoms with van der Waals surface area (Å²) in [4.78, 5) is 0. The molecule has 0 bridgehead atoms. The molecular formula is C15H23NO. The van der Waals surface area contributed by atoms with Crippen molar-refractivity contribution in [1.29, 1.82) is 0 Å². The van der Waals surface area contributed by atoms with Crippen molar-refractivity contribution in [3.05, 3.63) is 28.8 Å². The first kappa shape index (κ1) is 12.4. The molecule has 0 spiro atoms. The van der Waals surface area contributed by atoms with Crippen LogP contribution in [0.15, 0.2) is 12.1 Å². The molecule has 94 valence electrons. The van der Waals surface area contributed by atoms with Gasteiger partial charge in [0, 0.05) is 17.2 Å². The summed E-state index contributed by atoms with van der Waals surface area (Å²) in [5.41, 5.74) is 10.1. The molecule has 0 saturated heterocycles. The highest BCUT2D eigenvalue weighted by molar-refractivity contribution is 5.49. The lowest BCUT2D eigenvalue weighted by Crippen LogP contribution is -2.16. The molecule has 0 aliphatic carbocycles. The van der Waals surface area contributed by atoms with E-state index in [0.29, 0.717) is 0 Å². The lowest BCUT2D eigenvalue weighted by Gasteiger charge is -2.25. The fourth-order valence-corrected chi connectivity index (χ4v) is 2.43. The lowest BCUT2D eigenvalue weighted by atomic mass is 9.83. The number of rotatable bonds is 0. The van der Waals surface area contributed by atoms with E-state index in [-0.39, 0.29) is 11.5 Å². The molecule has 0 aromatic heterocycles. The highest BCUT2D eigenvalue weighted by atomic mass is 16.5. The Labute approximate surface area is 104 Å². The number of fused-ring (bicyclic) bond motifs is 1. The Morgan fingerprint density at radius 3 is 2.65 bits per heavy atom. The quantitative estimate of drug-likeness (QED) is 0.744. The van der Waals surface area contributed by atoms with Crippen molar-refractivity contribution in [3.63, 3.8) is 0 Å². The Bertz CT molecular complexity index is 418. The third-order valence-electron chi connectivity index (χ3n) is 3.38. The van der Waals surface area contributed by atoms with Gasteiger partial charge in [0.15, 0.2) is 0 Å². The zero-order valence-corrected chi connectivity index (χ0v) is 11.3. The van der Waals surface area contributed by atoms with Gasteiger partial charge in [-0.25, -0.2) is 0 Å². The molecule has 2 rings (SSSR count). The summed E-state index contributed by atoms with van der Waals surface area (Å²) in [7, 11) is 0. The second-order valence-corrected chi connectivity index (χ2v) is 6.08. The van der Waals surface area contributed by atoms with Crippen LogP contribution in [0.1, 0.15) is 56.3 Å². The van der Waals surface area contributed by atoms with Gasteiger partial charge in [0.1, 0.15) is 5.75 Å².